The number of nitrogens with zero attached hydrogens (tertiary/aromatic N) is 1. The van der Waals surface area contributed by atoms with E-state index in [-0.39, 0.29) is 12.1 Å². The molecule has 150 valence electrons. The van der Waals surface area contributed by atoms with Crippen molar-refractivity contribution in [2.24, 2.45) is 0 Å². The molecule has 2 amide bonds. The van der Waals surface area contributed by atoms with Crippen molar-refractivity contribution >= 4 is 11.7 Å². The van der Waals surface area contributed by atoms with E-state index in [1.54, 1.807) is 7.11 Å². The fourth-order valence-corrected chi connectivity index (χ4v) is 3.26. The second kappa shape index (κ2) is 9.75. The van der Waals surface area contributed by atoms with E-state index in [4.69, 9.17) is 4.74 Å². The summed E-state index contributed by atoms with van der Waals surface area (Å²) in [4.78, 5) is 14.7. The molecular weight excluding hydrogens is 362 g/mol. The Morgan fingerprint density at radius 3 is 2.41 bits per heavy atom. The van der Waals surface area contributed by atoms with Crippen molar-refractivity contribution in [1.29, 1.82) is 0 Å². The molecule has 5 heteroatoms. The Morgan fingerprint density at radius 2 is 1.69 bits per heavy atom. The molecule has 3 rings (SSSR count). The van der Waals surface area contributed by atoms with Gasteiger partial charge < -0.3 is 20.3 Å². The number of hydrogen-bond donors (Lipinski definition) is 2. The Bertz CT molecular complexity index is 942. The van der Waals surface area contributed by atoms with Gasteiger partial charge in [0.1, 0.15) is 5.75 Å². The van der Waals surface area contributed by atoms with Gasteiger partial charge in [0.05, 0.1) is 18.8 Å². The Morgan fingerprint density at radius 1 is 0.966 bits per heavy atom. The molecule has 0 aliphatic rings. The van der Waals surface area contributed by atoms with Crippen LogP contribution in [-0.2, 0) is 0 Å². The highest BCUT2D eigenvalue weighted by atomic mass is 16.5. The fourth-order valence-electron chi connectivity index (χ4n) is 3.26. The van der Waals surface area contributed by atoms with Crippen LogP contribution in [0.4, 0.5) is 10.5 Å². The van der Waals surface area contributed by atoms with E-state index in [9.17, 15) is 4.79 Å². The van der Waals surface area contributed by atoms with Crippen molar-refractivity contribution in [2.75, 3.05) is 33.1 Å². The molecule has 0 fully saturated rings. The first kappa shape index (κ1) is 20.4. The molecule has 29 heavy (non-hydrogen) atoms. The SMILES string of the molecule is COc1cccc(C(CNC(=O)Nc2ccccc2-c2ccccc2)N(C)C)c1. The third-order valence-corrected chi connectivity index (χ3v) is 4.82. The average Bonchev–Trinajstić information content (AvgIpc) is 2.75. The summed E-state index contributed by atoms with van der Waals surface area (Å²) in [5.41, 5.74) is 3.91. The Labute approximate surface area is 172 Å². The Balaban J connectivity index is 1.69. The maximum atomic E-state index is 12.6. The zero-order valence-electron chi connectivity index (χ0n) is 17.1. The van der Waals surface area contributed by atoms with E-state index in [1.165, 1.54) is 0 Å². The summed E-state index contributed by atoms with van der Waals surface area (Å²) in [6.45, 7) is 0.472. The van der Waals surface area contributed by atoms with Crippen LogP contribution >= 0.6 is 0 Å². The number of carbonyl (C=O) groups excluding carboxylic acids is 1. The number of carbonyl (C=O) groups is 1. The van der Waals surface area contributed by atoms with Gasteiger partial charge in [-0.05, 0) is 43.4 Å². The van der Waals surface area contributed by atoms with Gasteiger partial charge in [-0.3, -0.25) is 0 Å². The number of rotatable bonds is 7. The molecule has 0 saturated heterocycles. The van der Waals surface area contributed by atoms with Crippen molar-refractivity contribution in [3.63, 3.8) is 0 Å². The molecule has 5 nitrogen and oxygen atoms in total. The average molecular weight is 389 g/mol. The van der Waals surface area contributed by atoms with Crippen molar-refractivity contribution in [2.45, 2.75) is 6.04 Å². The van der Waals surface area contributed by atoms with E-state index >= 15 is 0 Å². The van der Waals surface area contributed by atoms with Crippen LogP contribution in [0.5, 0.6) is 5.75 Å². The molecule has 0 aliphatic carbocycles. The number of methoxy groups -OCH3 is 1. The number of hydrogen-bond acceptors (Lipinski definition) is 3. The number of nitrogens with one attached hydrogen (secondary N) is 2. The third kappa shape index (κ3) is 5.36. The lowest BCUT2D eigenvalue weighted by atomic mass is 10.0. The van der Waals surface area contributed by atoms with E-state index in [0.717, 1.165) is 28.1 Å². The first-order chi connectivity index (χ1) is 14.1. The van der Waals surface area contributed by atoms with Crippen LogP contribution in [0.3, 0.4) is 0 Å². The Kier molecular flexibility index (Phi) is 6.87. The van der Waals surface area contributed by atoms with Crippen LogP contribution in [-0.4, -0.2) is 38.7 Å². The van der Waals surface area contributed by atoms with E-state index < -0.39 is 0 Å². The van der Waals surface area contributed by atoms with Gasteiger partial charge in [0.25, 0.3) is 0 Å². The summed E-state index contributed by atoms with van der Waals surface area (Å²) in [6, 6.07) is 25.5. The van der Waals surface area contributed by atoms with Crippen LogP contribution in [0.15, 0.2) is 78.9 Å². The highest BCUT2D eigenvalue weighted by Gasteiger charge is 2.16. The van der Waals surface area contributed by atoms with Gasteiger partial charge in [-0.25, -0.2) is 4.79 Å². The second-order valence-corrected chi connectivity index (χ2v) is 7.00. The molecule has 1 unspecified atom stereocenters. The molecule has 0 aliphatic heterocycles. The number of benzene rings is 3. The van der Waals surface area contributed by atoms with Gasteiger partial charge >= 0.3 is 6.03 Å². The molecule has 0 heterocycles. The third-order valence-electron chi connectivity index (χ3n) is 4.82. The molecule has 0 spiro atoms. The summed E-state index contributed by atoms with van der Waals surface area (Å²) in [6.07, 6.45) is 0. The maximum Gasteiger partial charge on any atom is 0.319 e. The number of para-hydroxylation sites is 1. The minimum atomic E-state index is -0.233. The fraction of sp³-hybridized carbons (Fsp3) is 0.208. The zero-order valence-corrected chi connectivity index (χ0v) is 17.1. The molecular formula is C24H27N3O2. The van der Waals surface area contributed by atoms with Crippen molar-refractivity contribution in [3.8, 4) is 16.9 Å². The molecule has 0 radical (unpaired) electrons. The number of anilines is 1. The van der Waals surface area contributed by atoms with E-state index in [0.29, 0.717) is 6.54 Å². The lowest BCUT2D eigenvalue weighted by Gasteiger charge is -2.25. The highest BCUT2D eigenvalue weighted by Crippen LogP contribution is 2.27. The van der Waals surface area contributed by atoms with Crippen LogP contribution in [0, 0.1) is 0 Å². The monoisotopic (exact) mass is 389 g/mol. The molecule has 0 bridgehead atoms. The van der Waals surface area contributed by atoms with Gasteiger partial charge in [-0.15, -0.1) is 0 Å². The number of likely N-dealkylation sites (N-methyl/N-ethyl adjacent to an activating group) is 1. The van der Waals surface area contributed by atoms with Gasteiger partial charge in [-0.1, -0.05) is 60.7 Å². The summed E-state index contributed by atoms with van der Waals surface area (Å²) < 4.78 is 5.33. The van der Waals surface area contributed by atoms with Crippen LogP contribution in [0.25, 0.3) is 11.1 Å². The summed E-state index contributed by atoms with van der Waals surface area (Å²) >= 11 is 0. The lowest BCUT2D eigenvalue weighted by molar-refractivity contribution is 0.243. The maximum absolute atomic E-state index is 12.6. The van der Waals surface area contributed by atoms with Crippen molar-refractivity contribution in [1.82, 2.24) is 10.2 Å². The second-order valence-electron chi connectivity index (χ2n) is 7.00. The van der Waals surface area contributed by atoms with Crippen molar-refractivity contribution in [3.05, 3.63) is 84.4 Å². The standard InChI is InChI=1S/C24H27N3O2/c1-27(2)23(19-12-9-13-20(16-19)29-3)17-25-24(28)26-22-15-8-7-14-21(22)18-10-5-4-6-11-18/h4-16,23H,17H2,1-3H3,(H2,25,26,28). The lowest BCUT2D eigenvalue weighted by Crippen LogP contribution is -2.37. The molecule has 1 atom stereocenters. The highest BCUT2D eigenvalue weighted by molar-refractivity contribution is 5.94. The minimum Gasteiger partial charge on any atom is -0.497 e. The van der Waals surface area contributed by atoms with E-state index in [2.05, 4.69) is 15.5 Å². The summed E-state index contributed by atoms with van der Waals surface area (Å²) in [5, 5.41) is 5.98. The van der Waals surface area contributed by atoms with Gasteiger partial charge in [0, 0.05) is 12.1 Å². The van der Waals surface area contributed by atoms with Gasteiger partial charge in [0.15, 0.2) is 0 Å². The van der Waals surface area contributed by atoms with Gasteiger partial charge in [0.2, 0.25) is 0 Å². The minimum absolute atomic E-state index is 0.0280. The molecule has 3 aromatic carbocycles. The number of urea groups is 1. The number of ether oxygens (including phenoxy) is 1. The first-order valence-corrected chi connectivity index (χ1v) is 9.58. The van der Waals surface area contributed by atoms with Crippen LogP contribution in [0.2, 0.25) is 0 Å². The summed E-state index contributed by atoms with van der Waals surface area (Å²) in [5.74, 6) is 0.801. The largest absolute Gasteiger partial charge is 0.497 e. The quantitative estimate of drug-likeness (QED) is 0.611. The molecule has 0 aromatic heterocycles. The molecule has 3 aromatic rings. The van der Waals surface area contributed by atoms with Gasteiger partial charge in [-0.2, -0.15) is 0 Å². The van der Waals surface area contributed by atoms with Crippen LogP contribution < -0.4 is 15.4 Å². The summed E-state index contributed by atoms with van der Waals surface area (Å²) in [7, 11) is 5.64. The predicted octanol–water partition coefficient (Wildman–Crippen LogP) is 4.79. The van der Waals surface area contributed by atoms with Crippen LogP contribution in [0.1, 0.15) is 11.6 Å². The normalized spacial score (nSPS) is 11.7. The first-order valence-electron chi connectivity index (χ1n) is 9.58. The Hall–Kier alpha value is -3.31. The zero-order chi connectivity index (χ0) is 20.6. The predicted molar refractivity (Wildman–Crippen MR) is 118 cm³/mol. The number of amides is 2. The topological polar surface area (TPSA) is 53.6 Å². The molecule has 2 N–H and O–H groups in total. The smallest absolute Gasteiger partial charge is 0.319 e. The van der Waals surface area contributed by atoms with E-state index in [1.807, 2.05) is 93.0 Å². The molecule has 0 saturated carbocycles. The van der Waals surface area contributed by atoms with Crippen molar-refractivity contribution < 1.29 is 9.53 Å².